The number of aliphatic carboxylic acids is 1. The van der Waals surface area contributed by atoms with Gasteiger partial charge in [0.05, 0.1) is 6.61 Å². The molecule has 0 aliphatic rings. The average Bonchev–Trinajstić information content (AvgIpc) is 2.39. The molecule has 128 valence electrons. The first-order valence-corrected chi connectivity index (χ1v) is 11.2. The molecule has 0 fully saturated rings. The number of hydrogen-bond donors (Lipinski definition) is 3. The minimum Gasteiger partial charge on any atom is -0.480 e. The third-order valence-corrected chi connectivity index (χ3v) is 4.97. The Kier molecular flexibility index (Phi) is 8.77. The zero-order chi connectivity index (χ0) is 17.3. The number of alkyl carbamates (subject to hydrolysis) is 1. The quantitative estimate of drug-likeness (QED) is 0.557. The summed E-state index contributed by atoms with van der Waals surface area (Å²) in [7, 11) is -1.29. The number of carboxylic acid groups (broad SMARTS) is 1. The van der Waals surface area contributed by atoms with E-state index in [2.05, 4.69) is 30.3 Å². The summed E-state index contributed by atoms with van der Waals surface area (Å²) in [6, 6.07) is 0.0448. The van der Waals surface area contributed by atoms with E-state index in [-0.39, 0.29) is 5.92 Å². The van der Waals surface area contributed by atoms with Crippen molar-refractivity contribution in [3.63, 3.8) is 0 Å². The second-order valence-electron chi connectivity index (χ2n) is 6.57. The van der Waals surface area contributed by atoms with Crippen molar-refractivity contribution >= 4 is 26.0 Å². The number of carboxylic acids is 1. The number of carbonyl (C=O) groups excluding carboxylic acids is 2. The maximum absolute atomic E-state index is 12.0. The molecule has 0 aliphatic heterocycles. The van der Waals surface area contributed by atoms with Gasteiger partial charge in [-0.05, 0) is 12.0 Å². The van der Waals surface area contributed by atoms with Gasteiger partial charge in [-0.3, -0.25) is 9.59 Å². The fourth-order valence-corrected chi connectivity index (χ4v) is 2.31. The maximum Gasteiger partial charge on any atom is 0.407 e. The third-order valence-electron chi connectivity index (χ3n) is 3.27. The summed E-state index contributed by atoms with van der Waals surface area (Å²) in [6.45, 7) is 10.1. The summed E-state index contributed by atoms with van der Waals surface area (Å²) in [4.78, 5) is 34.3. The maximum atomic E-state index is 12.0. The Bertz CT molecular complexity index is 395. The summed E-state index contributed by atoms with van der Waals surface area (Å²) >= 11 is 0. The van der Waals surface area contributed by atoms with Crippen LogP contribution in [0.15, 0.2) is 0 Å². The van der Waals surface area contributed by atoms with Crippen molar-refractivity contribution in [2.75, 3.05) is 13.2 Å². The van der Waals surface area contributed by atoms with Gasteiger partial charge < -0.3 is 20.5 Å². The lowest BCUT2D eigenvalue weighted by Gasteiger charge is -2.23. The normalized spacial score (nSPS) is 13.9. The first-order chi connectivity index (χ1) is 10.1. The molecule has 0 saturated heterocycles. The van der Waals surface area contributed by atoms with Gasteiger partial charge in [-0.2, -0.15) is 0 Å². The SMILES string of the molecule is CC[C@H](C)[C@H](NC(=O)OCC[Si](C)(C)C)C(=O)NCC(=O)O. The van der Waals surface area contributed by atoms with Gasteiger partial charge in [0.25, 0.3) is 0 Å². The van der Waals surface area contributed by atoms with Gasteiger partial charge in [0, 0.05) is 8.07 Å². The van der Waals surface area contributed by atoms with Crippen LogP contribution >= 0.6 is 0 Å². The highest BCUT2D eigenvalue weighted by atomic mass is 28.3. The van der Waals surface area contributed by atoms with Crippen LogP contribution in [0.1, 0.15) is 20.3 Å². The minimum atomic E-state index is -1.29. The second-order valence-corrected chi connectivity index (χ2v) is 12.2. The van der Waals surface area contributed by atoms with Crippen molar-refractivity contribution < 1.29 is 24.2 Å². The molecule has 0 aromatic rings. The summed E-state index contributed by atoms with van der Waals surface area (Å²) in [5, 5.41) is 13.4. The number of amides is 2. The predicted molar refractivity (Wildman–Crippen MR) is 86.5 cm³/mol. The van der Waals surface area contributed by atoms with E-state index < -0.39 is 38.6 Å². The highest BCUT2D eigenvalue weighted by molar-refractivity contribution is 6.76. The topological polar surface area (TPSA) is 105 Å². The predicted octanol–water partition coefficient (Wildman–Crippen LogP) is 1.67. The Balaban J connectivity index is 4.49. The van der Waals surface area contributed by atoms with Crippen LogP contribution in [0, 0.1) is 5.92 Å². The van der Waals surface area contributed by atoms with E-state index in [4.69, 9.17) is 9.84 Å². The molecule has 0 aliphatic carbocycles. The van der Waals surface area contributed by atoms with Gasteiger partial charge in [0.2, 0.25) is 5.91 Å². The number of hydrogen-bond acceptors (Lipinski definition) is 4. The zero-order valence-corrected chi connectivity index (χ0v) is 15.1. The molecule has 0 rings (SSSR count). The first-order valence-electron chi connectivity index (χ1n) is 7.49. The largest absolute Gasteiger partial charge is 0.480 e. The van der Waals surface area contributed by atoms with E-state index in [1.807, 2.05) is 13.8 Å². The first kappa shape index (κ1) is 20.4. The van der Waals surface area contributed by atoms with Crippen LogP contribution in [-0.4, -0.2) is 50.3 Å². The molecule has 22 heavy (non-hydrogen) atoms. The van der Waals surface area contributed by atoms with Crippen molar-refractivity contribution in [1.29, 1.82) is 0 Å². The Morgan fingerprint density at radius 3 is 2.27 bits per heavy atom. The molecule has 2 atom stereocenters. The molecule has 3 N–H and O–H groups in total. The number of nitrogens with one attached hydrogen (secondary N) is 2. The molecular formula is C14H28N2O5Si. The lowest BCUT2D eigenvalue weighted by molar-refractivity contribution is -0.138. The monoisotopic (exact) mass is 332 g/mol. The van der Waals surface area contributed by atoms with Crippen LogP contribution in [0.25, 0.3) is 0 Å². The van der Waals surface area contributed by atoms with E-state index in [9.17, 15) is 14.4 Å². The minimum absolute atomic E-state index is 0.127. The van der Waals surface area contributed by atoms with Gasteiger partial charge in [0.15, 0.2) is 0 Å². The van der Waals surface area contributed by atoms with Crippen molar-refractivity contribution in [3.05, 3.63) is 0 Å². The molecule has 0 spiro atoms. The smallest absolute Gasteiger partial charge is 0.407 e. The van der Waals surface area contributed by atoms with E-state index in [1.54, 1.807) is 0 Å². The third kappa shape index (κ3) is 9.38. The molecule has 2 amide bonds. The van der Waals surface area contributed by atoms with Crippen molar-refractivity contribution in [2.45, 2.75) is 52.0 Å². The molecule has 0 bridgehead atoms. The van der Waals surface area contributed by atoms with Crippen molar-refractivity contribution in [3.8, 4) is 0 Å². The van der Waals surface area contributed by atoms with Gasteiger partial charge in [-0.15, -0.1) is 0 Å². The molecule has 0 heterocycles. The van der Waals surface area contributed by atoms with Crippen LogP contribution in [0.4, 0.5) is 4.79 Å². The van der Waals surface area contributed by atoms with Crippen LogP contribution in [0.5, 0.6) is 0 Å². The van der Waals surface area contributed by atoms with Crippen molar-refractivity contribution in [2.24, 2.45) is 5.92 Å². The molecule has 8 heteroatoms. The van der Waals surface area contributed by atoms with Crippen LogP contribution in [-0.2, 0) is 14.3 Å². The lowest BCUT2D eigenvalue weighted by Crippen LogP contribution is -2.51. The summed E-state index contributed by atoms with van der Waals surface area (Å²) < 4.78 is 5.11. The Morgan fingerprint density at radius 2 is 1.82 bits per heavy atom. The molecule has 0 aromatic heterocycles. The van der Waals surface area contributed by atoms with Gasteiger partial charge in [0.1, 0.15) is 12.6 Å². The van der Waals surface area contributed by atoms with Crippen molar-refractivity contribution in [1.82, 2.24) is 10.6 Å². The number of ether oxygens (including phenoxy) is 1. The molecular weight excluding hydrogens is 304 g/mol. The van der Waals surface area contributed by atoms with E-state index in [0.29, 0.717) is 13.0 Å². The molecule has 7 nitrogen and oxygen atoms in total. The van der Waals surface area contributed by atoms with Crippen LogP contribution in [0.3, 0.4) is 0 Å². The van der Waals surface area contributed by atoms with Crippen LogP contribution < -0.4 is 10.6 Å². The van der Waals surface area contributed by atoms with E-state index in [0.717, 1.165) is 6.04 Å². The fraction of sp³-hybridized carbons (Fsp3) is 0.786. The summed E-state index contributed by atoms with van der Waals surface area (Å²) in [5.41, 5.74) is 0. The highest BCUT2D eigenvalue weighted by Gasteiger charge is 2.27. The Morgan fingerprint density at radius 1 is 1.23 bits per heavy atom. The average molecular weight is 332 g/mol. The Labute approximate surface area is 132 Å². The van der Waals surface area contributed by atoms with E-state index >= 15 is 0 Å². The highest BCUT2D eigenvalue weighted by Crippen LogP contribution is 2.10. The molecule has 0 aromatic carbocycles. The molecule has 0 radical (unpaired) electrons. The zero-order valence-electron chi connectivity index (χ0n) is 14.1. The number of rotatable bonds is 9. The van der Waals surface area contributed by atoms with Crippen LogP contribution in [0.2, 0.25) is 25.7 Å². The standard InChI is InChI=1S/C14H28N2O5Si/c1-6-10(2)12(13(19)15-9-11(17)18)16-14(20)21-7-8-22(3,4)5/h10,12H,6-9H2,1-5H3,(H,15,19)(H,16,20)(H,17,18)/t10-,12-/m0/s1. The molecule has 0 unspecified atom stereocenters. The van der Waals surface area contributed by atoms with Gasteiger partial charge >= 0.3 is 12.1 Å². The van der Waals surface area contributed by atoms with E-state index in [1.165, 1.54) is 0 Å². The Hall–Kier alpha value is -1.57. The lowest BCUT2D eigenvalue weighted by atomic mass is 9.98. The van der Waals surface area contributed by atoms with Gasteiger partial charge in [-0.1, -0.05) is 39.9 Å². The summed E-state index contributed by atoms with van der Waals surface area (Å²) in [6.07, 6.45) is 0.0226. The second kappa shape index (κ2) is 9.45. The van der Waals surface area contributed by atoms with Gasteiger partial charge in [-0.25, -0.2) is 4.79 Å². The molecule has 0 saturated carbocycles. The summed E-state index contributed by atoms with van der Waals surface area (Å²) in [5.74, 6) is -1.77. The fourth-order valence-electron chi connectivity index (χ4n) is 1.59. The number of carbonyl (C=O) groups is 3.